The number of piperidine rings is 1. The smallest absolute Gasteiger partial charge is 0.0998 e. The molecule has 0 spiro atoms. The van der Waals surface area contributed by atoms with Gasteiger partial charge in [0.05, 0.1) is 26.7 Å². The van der Waals surface area contributed by atoms with E-state index < -0.39 is 0 Å². The lowest BCUT2D eigenvalue weighted by Crippen LogP contribution is -2.48. The normalized spacial score (nSPS) is 20.3. The highest BCUT2D eigenvalue weighted by molar-refractivity contribution is 4.99. The summed E-state index contributed by atoms with van der Waals surface area (Å²) in [6.45, 7) is 12.4. The molecule has 1 heterocycles. The first kappa shape index (κ1) is 14.5. The monoisotopic (exact) mass is 236 g/mol. The molecular weight excluding hydrogens is 206 g/mol. The second-order valence-corrected chi connectivity index (χ2v) is 6.19. The van der Waals surface area contributed by atoms with E-state index in [1.165, 1.54) is 68.2 Å². The molecule has 0 amide bonds. The molecule has 1 fully saturated rings. The third-order valence-electron chi connectivity index (χ3n) is 3.83. The van der Waals surface area contributed by atoms with Crippen molar-refractivity contribution in [3.8, 4) is 0 Å². The second-order valence-electron chi connectivity index (χ2n) is 6.19. The fourth-order valence-corrected chi connectivity index (χ4v) is 2.85. The van der Waals surface area contributed by atoms with Crippen molar-refractivity contribution in [3.63, 3.8) is 0 Å². The Morgan fingerprint density at radius 3 is 2.41 bits per heavy atom. The van der Waals surface area contributed by atoms with Crippen LogP contribution in [0.1, 0.15) is 52.4 Å². The van der Waals surface area contributed by atoms with Gasteiger partial charge in [-0.25, -0.2) is 0 Å². The maximum atomic E-state index is 3.95. The zero-order valence-corrected chi connectivity index (χ0v) is 12.1. The molecule has 0 unspecified atom stereocenters. The van der Waals surface area contributed by atoms with Crippen molar-refractivity contribution in [2.75, 3.05) is 26.7 Å². The lowest BCUT2D eigenvalue weighted by atomic mass is 10.1. The molecule has 0 radical (unpaired) electrons. The number of rotatable bonds is 6. The van der Waals surface area contributed by atoms with Gasteiger partial charge in [-0.1, -0.05) is 11.6 Å². The fraction of sp³-hybridized carbons (Fsp3) is 0.750. The van der Waals surface area contributed by atoms with Crippen LogP contribution in [0.3, 0.4) is 0 Å². The summed E-state index contributed by atoms with van der Waals surface area (Å²) in [6, 6.07) is 0. The van der Waals surface area contributed by atoms with E-state index in [1.54, 1.807) is 5.57 Å². The van der Waals surface area contributed by atoms with Crippen molar-refractivity contribution in [2.45, 2.75) is 52.4 Å². The Morgan fingerprint density at radius 1 is 1.18 bits per heavy atom. The molecule has 1 nitrogen and oxygen atoms in total. The van der Waals surface area contributed by atoms with E-state index in [9.17, 15) is 0 Å². The predicted octanol–water partition coefficient (Wildman–Crippen LogP) is 4.31. The molecule has 1 aliphatic heterocycles. The highest BCUT2D eigenvalue weighted by atomic mass is 15.3. The largest absolute Gasteiger partial charge is 0.323 e. The van der Waals surface area contributed by atoms with E-state index in [0.717, 1.165) is 0 Å². The molecule has 1 saturated heterocycles. The summed E-state index contributed by atoms with van der Waals surface area (Å²) in [4.78, 5) is 0. The molecule has 0 N–H and O–H groups in total. The Balaban J connectivity index is 2.29. The highest BCUT2D eigenvalue weighted by Crippen LogP contribution is 2.18. The third kappa shape index (κ3) is 6.07. The van der Waals surface area contributed by atoms with Crippen LogP contribution in [0.5, 0.6) is 0 Å². The summed E-state index contributed by atoms with van der Waals surface area (Å²) < 4.78 is 1.27. The number of likely N-dealkylation sites (N-methyl/N-ethyl adjacent to an activating group) is 1. The van der Waals surface area contributed by atoms with Crippen molar-refractivity contribution >= 4 is 0 Å². The van der Waals surface area contributed by atoms with E-state index in [0.29, 0.717) is 0 Å². The van der Waals surface area contributed by atoms with Gasteiger partial charge in [0.2, 0.25) is 0 Å². The number of nitrogens with zero attached hydrogens (tertiary/aromatic N) is 1. The van der Waals surface area contributed by atoms with Crippen LogP contribution >= 0.6 is 0 Å². The van der Waals surface area contributed by atoms with Gasteiger partial charge >= 0.3 is 0 Å². The number of quaternary nitrogens is 1. The van der Waals surface area contributed by atoms with Crippen molar-refractivity contribution in [1.29, 1.82) is 0 Å². The minimum absolute atomic E-state index is 1.18. The summed E-state index contributed by atoms with van der Waals surface area (Å²) in [5.74, 6) is 0. The van der Waals surface area contributed by atoms with Gasteiger partial charge in [0, 0.05) is 0 Å². The van der Waals surface area contributed by atoms with Crippen LogP contribution < -0.4 is 0 Å². The first-order valence-corrected chi connectivity index (χ1v) is 7.15. The fourth-order valence-electron chi connectivity index (χ4n) is 2.85. The van der Waals surface area contributed by atoms with E-state index in [2.05, 4.69) is 33.6 Å². The third-order valence-corrected chi connectivity index (χ3v) is 3.83. The molecule has 0 bridgehead atoms. The van der Waals surface area contributed by atoms with Crippen molar-refractivity contribution < 1.29 is 4.48 Å². The topological polar surface area (TPSA) is 0 Å². The Morgan fingerprint density at radius 2 is 1.82 bits per heavy atom. The van der Waals surface area contributed by atoms with Crippen LogP contribution in [-0.4, -0.2) is 31.2 Å². The van der Waals surface area contributed by atoms with E-state index >= 15 is 0 Å². The Labute approximate surface area is 108 Å². The number of unbranched alkanes of at least 4 members (excludes halogenated alkanes) is 1. The minimum Gasteiger partial charge on any atom is -0.323 e. The summed E-state index contributed by atoms with van der Waals surface area (Å²) in [5, 5.41) is 0. The first-order valence-electron chi connectivity index (χ1n) is 7.15. The molecule has 0 aliphatic carbocycles. The van der Waals surface area contributed by atoms with E-state index in [4.69, 9.17) is 0 Å². The summed E-state index contributed by atoms with van der Waals surface area (Å²) in [6.07, 6.45) is 10.4. The molecule has 1 aliphatic rings. The molecule has 17 heavy (non-hydrogen) atoms. The quantitative estimate of drug-likeness (QED) is 0.366. The molecule has 0 aromatic rings. The molecule has 98 valence electrons. The Bertz CT molecular complexity index is 269. The zero-order chi connectivity index (χ0) is 12.7. The molecule has 0 aromatic carbocycles. The minimum atomic E-state index is 1.18. The maximum Gasteiger partial charge on any atom is 0.0998 e. The van der Waals surface area contributed by atoms with Gasteiger partial charge in [-0.3, -0.25) is 0 Å². The second kappa shape index (κ2) is 7.00. The molecule has 1 heteroatoms. The summed E-state index contributed by atoms with van der Waals surface area (Å²) in [7, 11) is 2.42. The highest BCUT2D eigenvalue weighted by Gasteiger charge is 2.24. The van der Waals surface area contributed by atoms with Crippen LogP contribution in [0.25, 0.3) is 0 Å². The van der Waals surface area contributed by atoms with Crippen LogP contribution in [-0.2, 0) is 0 Å². The number of hydrogen-bond acceptors (Lipinski definition) is 0. The van der Waals surface area contributed by atoms with Gasteiger partial charge in [0.15, 0.2) is 0 Å². The maximum absolute atomic E-state index is 3.95. The van der Waals surface area contributed by atoms with Gasteiger partial charge in [0.25, 0.3) is 0 Å². The number of likely N-dealkylation sites (tertiary alicyclic amines) is 1. The average molecular weight is 236 g/mol. The Hall–Kier alpha value is -0.560. The Kier molecular flexibility index (Phi) is 5.97. The van der Waals surface area contributed by atoms with Gasteiger partial charge in [-0.05, 0) is 57.9 Å². The van der Waals surface area contributed by atoms with Gasteiger partial charge in [0.1, 0.15) is 0 Å². The van der Waals surface area contributed by atoms with Crippen LogP contribution in [0.2, 0.25) is 0 Å². The lowest BCUT2D eigenvalue weighted by Gasteiger charge is -2.38. The van der Waals surface area contributed by atoms with E-state index in [1.807, 2.05) is 0 Å². The number of allylic oxidation sites excluding steroid dienone is 2. The number of hydrogen-bond donors (Lipinski definition) is 0. The lowest BCUT2D eigenvalue weighted by molar-refractivity contribution is -0.909. The SMILES string of the molecule is C=C(C)CCCC=C(C)C[N+]1(C)CCCCC1. The average Bonchev–Trinajstić information content (AvgIpc) is 2.24. The zero-order valence-electron chi connectivity index (χ0n) is 12.1. The van der Waals surface area contributed by atoms with Gasteiger partial charge < -0.3 is 4.48 Å². The van der Waals surface area contributed by atoms with Crippen LogP contribution in [0.4, 0.5) is 0 Å². The van der Waals surface area contributed by atoms with Gasteiger partial charge in [-0.15, -0.1) is 6.58 Å². The van der Waals surface area contributed by atoms with Crippen molar-refractivity contribution in [1.82, 2.24) is 0 Å². The van der Waals surface area contributed by atoms with Gasteiger partial charge in [-0.2, -0.15) is 0 Å². The molecular formula is C16H30N+. The predicted molar refractivity (Wildman–Crippen MR) is 77.1 cm³/mol. The standard InChI is InChI=1S/C16H30N/c1-15(2)10-6-7-11-16(3)14-17(4)12-8-5-9-13-17/h11H,1,5-10,12-14H2,2-4H3/q+1. The molecule has 1 rings (SSSR count). The van der Waals surface area contributed by atoms with Crippen LogP contribution in [0.15, 0.2) is 23.8 Å². The molecule has 0 atom stereocenters. The summed E-state index contributed by atoms with van der Waals surface area (Å²) in [5.41, 5.74) is 2.89. The van der Waals surface area contributed by atoms with Crippen LogP contribution in [0, 0.1) is 0 Å². The molecule has 0 saturated carbocycles. The first-order chi connectivity index (χ1) is 8.02. The van der Waals surface area contributed by atoms with E-state index in [-0.39, 0.29) is 0 Å². The van der Waals surface area contributed by atoms with Crippen molar-refractivity contribution in [3.05, 3.63) is 23.8 Å². The van der Waals surface area contributed by atoms with Crippen molar-refractivity contribution in [2.24, 2.45) is 0 Å². The molecule has 0 aromatic heterocycles. The summed E-state index contributed by atoms with van der Waals surface area (Å²) >= 11 is 0.